The molecular weight excluding hydrogens is 370 g/mol. The van der Waals surface area contributed by atoms with Gasteiger partial charge in [-0.05, 0) is 29.4 Å². The number of nitrogens with zero attached hydrogens (tertiary/aromatic N) is 1. The lowest BCUT2D eigenvalue weighted by molar-refractivity contribution is -0.154. The fourth-order valence-corrected chi connectivity index (χ4v) is 4.79. The molecule has 2 atom stereocenters. The molecule has 2 rings (SSSR count). The van der Waals surface area contributed by atoms with E-state index >= 15 is 0 Å². The molecule has 1 aliphatic heterocycles. The lowest BCUT2D eigenvalue weighted by Crippen LogP contribution is -2.43. The van der Waals surface area contributed by atoms with Crippen LogP contribution in [0.4, 0.5) is 0 Å². The first-order valence-electron chi connectivity index (χ1n) is 10.5. The molecule has 1 saturated heterocycles. The summed E-state index contributed by atoms with van der Waals surface area (Å²) in [5, 5.41) is -0.123. The molecule has 1 heterocycles. The first-order valence-corrected chi connectivity index (χ1v) is 11.5. The largest absolute Gasteiger partial charge is 0.464 e. The Bertz CT molecular complexity index is 651. The van der Waals surface area contributed by atoms with Crippen molar-refractivity contribution >= 4 is 23.6 Å². The lowest BCUT2D eigenvalue weighted by atomic mass is 9.86. The van der Waals surface area contributed by atoms with Crippen LogP contribution in [0.25, 0.3) is 0 Å². The smallest absolute Gasteiger partial charge is 0.329 e. The molecule has 0 spiro atoms. The van der Waals surface area contributed by atoms with Crippen LogP contribution in [0.3, 0.4) is 0 Å². The summed E-state index contributed by atoms with van der Waals surface area (Å²) in [6.07, 6.45) is 4.24. The maximum Gasteiger partial charge on any atom is 0.329 e. The van der Waals surface area contributed by atoms with Gasteiger partial charge in [0, 0.05) is 12.2 Å². The minimum atomic E-state index is -0.488. The molecule has 1 aromatic rings. The number of carbonyl (C=O) groups excluding carboxylic acids is 2. The van der Waals surface area contributed by atoms with E-state index in [2.05, 4.69) is 52.0 Å². The van der Waals surface area contributed by atoms with E-state index in [0.29, 0.717) is 18.8 Å². The van der Waals surface area contributed by atoms with Crippen molar-refractivity contribution in [3.05, 3.63) is 35.4 Å². The third-order valence-corrected chi connectivity index (χ3v) is 6.39. The minimum Gasteiger partial charge on any atom is -0.464 e. The molecule has 1 fully saturated rings. The highest BCUT2D eigenvalue weighted by Gasteiger charge is 2.42. The molecule has 28 heavy (non-hydrogen) atoms. The molecule has 4 nitrogen and oxygen atoms in total. The van der Waals surface area contributed by atoms with E-state index in [0.717, 1.165) is 31.2 Å². The number of hydrogen-bond acceptors (Lipinski definition) is 4. The maximum absolute atomic E-state index is 13.0. The Balaban J connectivity index is 2.23. The van der Waals surface area contributed by atoms with E-state index < -0.39 is 6.04 Å². The normalized spacial score (nSPS) is 19.7. The van der Waals surface area contributed by atoms with Gasteiger partial charge in [0.15, 0.2) is 0 Å². The van der Waals surface area contributed by atoms with Gasteiger partial charge in [0.05, 0.1) is 6.61 Å². The molecule has 0 saturated carbocycles. The third-order valence-electron chi connectivity index (χ3n) is 5.06. The number of thioether (sulfide) groups is 1. The average molecular weight is 406 g/mol. The van der Waals surface area contributed by atoms with Crippen molar-refractivity contribution in [2.45, 2.75) is 83.6 Å². The Morgan fingerprint density at radius 2 is 1.79 bits per heavy atom. The van der Waals surface area contributed by atoms with Gasteiger partial charge in [-0.3, -0.25) is 4.79 Å². The standard InChI is InChI=1S/C23H35NO3S/c1-6-8-9-10-20(25)24-19(22(26)27-15-7-2)16-28-21(24)17-11-13-18(14-12-17)23(3,4)5/h11-14,19,21H,6-10,15-16H2,1-5H3. The summed E-state index contributed by atoms with van der Waals surface area (Å²) < 4.78 is 5.38. The number of rotatable bonds is 8. The maximum atomic E-state index is 13.0. The van der Waals surface area contributed by atoms with Gasteiger partial charge in [0.1, 0.15) is 11.4 Å². The quantitative estimate of drug-likeness (QED) is 0.425. The Hall–Kier alpha value is -1.49. The molecule has 0 aliphatic carbocycles. The number of esters is 1. The number of benzene rings is 1. The summed E-state index contributed by atoms with van der Waals surface area (Å²) in [4.78, 5) is 27.4. The van der Waals surface area contributed by atoms with Crippen LogP contribution in [0.1, 0.15) is 83.2 Å². The summed E-state index contributed by atoms with van der Waals surface area (Å²) in [5.41, 5.74) is 2.43. The molecule has 0 radical (unpaired) electrons. The molecule has 0 aromatic heterocycles. The van der Waals surface area contributed by atoms with Crippen molar-refractivity contribution in [2.75, 3.05) is 12.4 Å². The second-order valence-corrected chi connectivity index (χ2v) is 9.61. The zero-order valence-corrected chi connectivity index (χ0v) is 18.8. The van der Waals surface area contributed by atoms with Gasteiger partial charge in [0.25, 0.3) is 0 Å². The predicted octanol–water partition coefficient (Wildman–Crippen LogP) is 5.46. The Morgan fingerprint density at radius 1 is 1.11 bits per heavy atom. The van der Waals surface area contributed by atoms with Gasteiger partial charge in [0.2, 0.25) is 5.91 Å². The van der Waals surface area contributed by atoms with Crippen molar-refractivity contribution in [1.82, 2.24) is 4.90 Å². The van der Waals surface area contributed by atoms with Gasteiger partial charge in [-0.1, -0.05) is 71.7 Å². The Kier molecular flexibility index (Phi) is 8.41. The van der Waals surface area contributed by atoms with Gasteiger partial charge in [-0.2, -0.15) is 0 Å². The number of hydrogen-bond donors (Lipinski definition) is 0. The average Bonchev–Trinajstić information content (AvgIpc) is 3.11. The number of amides is 1. The van der Waals surface area contributed by atoms with E-state index in [-0.39, 0.29) is 22.7 Å². The van der Waals surface area contributed by atoms with E-state index in [9.17, 15) is 9.59 Å². The molecular formula is C23H35NO3S. The topological polar surface area (TPSA) is 46.6 Å². The van der Waals surface area contributed by atoms with Gasteiger partial charge < -0.3 is 9.64 Å². The van der Waals surface area contributed by atoms with Crippen LogP contribution in [0.2, 0.25) is 0 Å². The third kappa shape index (κ3) is 5.76. The van der Waals surface area contributed by atoms with Crippen LogP contribution in [-0.2, 0) is 19.7 Å². The fourth-order valence-electron chi connectivity index (χ4n) is 3.35. The lowest BCUT2D eigenvalue weighted by Gasteiger charge is -2.29. The van der Waals surface area contributed by atoms with Gasteiger partial charge >= 0.3 is 5.97 Å². The highest BCUT2D eigenvalue weighted by molar-refractivity contribution is 7.99. The zero-order valence-electron chi connectivity index (χ0n) is 18.0. The summed E-state index contributed by atoms with van der Waals surface area (Å²) in [6.45, 7) is 11.1. The van der Waals surface area contributed by atoms with Gasteiger partial charge in [-0.25, -0.2) is 4.79 Å². The summed E-state index contributed by atoms with van der Waals surface area (Å²) in [6, 6.07) is 7.99. The van der Waals surface area contributed by atoms with Gasteiger partial charge in [-0.15, -0.1) is 11.8 Å². The molecule has 0 bridgehead atoms. The summed E-state index contributed by atoms with van der Waals surface area (Å²) >= 11 is 1.66. The first-order chi connectivity index (χ1) is 13.3. The highest BCUT2D eigenvalue weighted by atomic mass is 32.2. The Labute approximate surface area is 174 Å². The van der Waals surface area contributed by atoms with E-state index in [4.69, 9.17) is 4.74 Å². The second kappa shape index (κ2) is 10.3. The van der Waals surface area contributed by atoms with Crippen molar-refractivity contribution in [3.63, 3.8) is 0 Å². The van der Waals surface area contributed by atoms with Crippen LogP contribution in [-0.4, -0.2) is 35.2 Å². The molecule has 5 heteroatoms. The monoisotopic (exact) mass is 405 g/mol. The van der Waals surface area contributed by atoms with E-state index in [1.54, 1.807) is 16.7 Å². The highest BCUT2D eigenvalue weighted by Crippen LogP contribution is 2.42. The van der Waals surface area contributed by atoms with Crippen molar-refractivity contribution < 1.29 is 14.3 Å². The van der Waals surface area contributed by atoms with E-state index in [1.807, 2.05) is 6.92 Å². The van der Waals surface area contributed by atoms with Crippen LogP contribution in [0, 0.1) is 0 Å². The summed E-state index contributed by atoms with van der Waals surface area (Å²) in [5.74, 6) is 0.377. The van der Waals surface area contributed by atoms with Crippen molar-refractivity contribution in [3.8, 4) is 0 Å². The fraction of sp³-hybridized carbons (Fsp3) is 0.652. The van der Waals surface area contributed by atoms with Crippen molar-refractivity contribution in [2.24, 2.45) is 0 Å². The number of ether oxygens (including phenoxy) is 1. The first kappa shape index (κ1) is 22.8. The van der Waals surface area contributed by atoms with Crippen LogP contribution >= 0.6 is 11.8 Å². The molecule has 0 N–H and O–H groups in total. The van der Waals surface area contributed by atoms with Crippen LogP contribution < -0.4 is 0 Å². The predicted molar refractivity (Wildman–Crippen MR) is 116 cm³/mol. The molecule has 156 valence electrons. The molecule has 1 aromatic carbocycles. The summed E-state index contributed by atoms with van der Waals surface area (Å²) in [7, 11) is 0. The Morgan fingerprint density at radius 3 is 2.36 bits per heavy atom. The SMILES string of the molecule is CCCCCC(=O)N1C(C(=O)OCCC)CSC1c1ccc(C(C)(C)C)cc1. The van der Waals surface area contributed by atoms with E-state index in [1.165, 1.54) is 5.56 Å². The number of unbranched alkanes of at least 4 members (excludes halogenated alkanes) is 2. The molecule has 1 amide bonds. The van der Waals surface area contributed by atoms with Crippen molar-refractivity contribution in [1.29, 1.82) is 0 Å². The zero-order chi connectivity index (χ0) is 20.7. The van der Waals surface area contributed by atoms with Crippen LogP contribution in [0.5, 0.6) is 0 Å². The second-order valence-electron chi connectivity index (χ2n) is 8.50. The number of carbonyl (C=O) groups is 2. The minimum absolute atomic E-state index is 0.0572. The molecule has 2 unspecified atom stereocenters. The van der Waals surface area contributed by atoms with Crippen LogP contribution in [0.15, 0.2) is 24.3 Å². The molecule has 1 aliphatic rings.